The Morgan fingerprint density at radius 3 is 2.50 bits per heavy atom. The fourth-order valence-corrected chi connectivity index (χ4v) is 3.91. The fourth-order valence-electron chi connectivity index (χ4n) is 2.96. The number of hydrogen-bond donors (Lipinski definition) is 3. The van der Waals surface area contributed by atoms with Crippen LogP contribution in [0.25, 0.3) is 0 Å². The summed E-state index contributed by atoms with van der Waals surface area (Å²) in [6.07, 6.45) is 1.27. The highest BCUT2D eigenvalue weighted by atomic mass is 35.5. The summed E-state index contributed by atoms with van der Waals surface area (Å²) in [4.78, 5) is 24.4. The number of anilines is 1. The van der Waals surface area contributed by atoms with Crippen LogP contribution in [0, 0.1) is 0 Å². The van der Waals surface area contributed by atoms with Gasteiger partial charge in [0.2, 0.25) is 5.91 Å². The smallest absolute Gasteiger partial charge is 0.251 e. The van der Waals surface area contributed by atoms with E-state index in [-0.39, 0.29) is 30.3 Å². The zero-order valence-corrected chi connectivity index (χ0v) is 17.3. The van der Waals surface area contributed by atoms with Crippen molar-refractivity contribution in [3.63, 3.8) is 0 Å². The minimum absolute atomic E-state index is 0. The maximum absolute atomic E-state index is 12.2. The Balaban J connectivity index is 0.00000280. The molecule has 28 heavy (non-hydrogen) atoms. The molecule has 0 bridgehead atoms. The fraction of sp³-hybridized carbons (Fsp3) is 0.333. The van der Waals surface area contributed by atoms with Crippen LogP contribution in [0.2, 0.25) is 0 Å². The Morgan fingerprint density at radius 1 is 1.07 bits per heavy atom. The molecule has 5 nitrogen and oxygen atoms in total. The second kappa shape index (κ2) is 11.7. The molecular formula is C21H26ClN3O2S. The number of benzene rings is 2. The summed E-state index contributed by atoms with van der Waals surface area (Å²) in [5, 5.41) is 9.18. The van der Waals surface area contributed by atoms with Crippen molar-refractivity contribution in [2.75, 3.05) is 29.9 Å². The number of amides is 2. The van der Waals surface area contributed by atoms with E-state index in [1.807, 2.05) is 42.1 Å². The zero-order chi connectivity index (χ0) is 18.9. The number of hydrogen-bond acceptors (Lipinski definition) is 4. The van der Waals surface area contributed by atoms with Gasteiger partial charge in [0.1, 0.15) is 0 Å². The first-order valence-electron chi connectivity index (χ1n) is 9.24. The number of rotatable bonds is 7. The third kappa shape index (κ3) is 7.19. The molecule has 1 aliphatic heterocycles. The Labute approximate surface area is 176 Å². The van der Waals surface area contributed by atoms with E-state index < -0.39 is 0 Å². The molecule has 1 unspecified atom stereocenters. The van der Waals surface area contributed by atoms with Crippen LogP contribution in [-0.2, 0) is 11.2 Å². The molecule has 0 aliphatic carbocycles. The van der Waals surface area contributed by atoms with Gasteiger partial charge >= 0.3 is 0 Å². The van der Waals surface area contributed by atoms with E-state index in [0.717, 1.165) is 24.5 Å². The third-order valence-electron chi connectivity index (χ3n) is 4.40. The topological polar surface area (TPSA) is 70.2 Å². The van der Waals surface area contributed by atoms with Crippen LogP contribution in [0.1, 0.15) is 22.3 Å². The second-order valence-corrected chi connectivity index (χ2v) is 7.70. The van der Waals surface area contributed by atoms with Crippen molar-refractivity contribution in [2.45, 2.75) is 18.9 Å². The van der Waals surface area contributed by atoms with Crippen LogP contribution in [0.15, 0.2) is 54.6 Å². The first-order valence-corrected chi connectivity index (χ1v) is 10.4. The average Bonchev–Trinajstić information content (AvgIpc) is 2.70. The highest BCUT2D eigenvalue weighted by Gasteiger charge is 2.16. The lowest BCUT2D eigenvalue weighted by Crippen LogP contribution is -2.39. The molecule has 1 saturated heterocycles. The van der Waals surface area contributed by atoms with E-state index in [2.05, 4.69) is 16.0 Å². The maximum atomic E-state index is 12.2. The number of carbonyl (C=O) groups excluding carboxylic acids is 2. The average molecular weight is 420 g/mol. The highest BCUT2D eigenvalue weighted by Crippen LogP contribution is 2.13. The third-order valence-corrected chi connectivity index (χ3v) is 5.53. The summed E-state index contributed by atoms with van der Waals surface area (Å²) < 4.78 is 0. The summed E-state index contributed by atoms with van der Waals surface area (Å²) in [5.41, 5.74) is 2.50. The van der Waals surface area contributed by atoms with E-state index in [4.69, 9.17) is 0 Å². The Morgan fingerprint density at radius 2 is 1.82 bits per heavy atom. The normalized spacial score (nSPS) is 15.9. The van der Waals surface area contributed by atoms with Crippen LogP contribution in [0.5, 0.6) is 0 Å². The van der Waals surface area contributed by atoms with Gasteiger partial charge in [0.05, 0.1) is 0 Å². The van der Waals surface area contributed by atoms with Crippen molar-refractivity contribution >= 4 is 41.7 Å². The lowest BCUT2D eigenvalue weighted by Gasteiger charge is -2.22. The molecule has 0 saturated carbocycles. The predicted octanol–water partition coefficient (Wildman–Crippen LogP) is 3.11. The van der Waals surface area contributed by atoms with Crippen molar-refractivity contribution < 1.29 is 9.59 Å². The van der Waals surface area contributed by atoms with E-state index in [1.165, 1.54) is 5.56 Å². The van der Waals surface area contributed by atoms with Gasteiger partial charge < -0.3 is 16.0 Å². The lowest BCUT2D eigenvalue weighted by atomic mass is 10.1. The molecule has 150 valence electrons. The minimum atomic E-state index is -0.104. The summed E-state index contributed by atoms with van der Waals surface area (Å²) in [5.74, 6) is 1.96. The van der Waals surface area contributed by atoms with Gasteiger partial charge in [-0.25, -0.2) is 0 Å². The summed E-state index contributed by atoms with van der Waals surface area (Å²) in [7, 11) is 0. The van der Waals surface area contributed by atoms with Crippen molar-refractivity contribution in [2.24, 2.45) is 0 Å². The zero-order valence-electron chi connectivity index (χ0n) is 15.6. The first-order chi connectivity index (χ1) is 13.2. The van der Waals surface area contributed by atoms with E-state index in [1.54, 1.807) is 24.3 Å². The van der Waals surface area contributed by atoms with E-state index >= 15 is 0 Å². The molecule has 7 heteroatoms. The molecule has 0 radical (unpaired) electrons. The monoisotopic (exact) mass is 419 g/mol. The predicted molar refractivity (Wildman–Crippen MR) is 119 cm³/mol. The van der Waals surface area contributed by atoms with Crippen LogP contribution < -0.4 is 16.0 Å². The van der Waals surface area contributed by atoms with Gasteiger partial charge in [-0.1, -0.05) is 30.3 Å². The number of carbonyl (C=O) groups is 2. The summed E-state index contributed by atoms with van der Waals surface area (Å²) >= 11 is 1.87. The van der Waals surface area contributed by atoms with Crippen LogP contribution >= 0.6 is 24.2 Å². The Kier molecular flexibility index (Phi) is 9.34. The van der Waals surface area contributed by atoms with Crippen LogP contribution in [0.4, 0.5) is 5.69 Å². The maximum Gasteiger partial charge on any atom is 0.251 e. The molecular weight excluding hydrogens is 394 g/mol. The van der Waals surface area contributed by atoms with Crippen LogP contribution in [0.3, 0.4) is 0 Å². The number of nitrogens with one attached hydrogen (secondary N) is 3. The molecule has 1 heterocycles. The Hall–Kier alpha value is -2.02. The number of thioether (sulfide) groups is 1. The molecule has 3 N–H and O–H groups in total. The Bertz CT molecular complexity index is 750. The van der Waals surface area contributed by atoms with Gasteiger partial charge in [-0.05, 0) is 36.2 Å². The standard InChI is InChI=1S/C21H25N3O2S.ClH/c25-20(14-19-15-27-13-12-22-19)24-18-8-6-17(7-9-18)21(26)23-11-10-16-4-2-1-3-5-16;/h1-9,19,22H,10-15H2,(H,23,26)(H,24,25);1H. The van der Waals surface area contributed by atoms with Crippen molar-refractivity contribution in [1.29, 1.82) is 0 Å². The van der Waals surface area contributed by atoms with Gasteiger partial charge in [-0.15, -0.1) is 12.4 Å². The molecule has 0 spiro atoms. The highest BCUT2D eigenvalue weighted by molar-refractivity contribution is 7.99. The van der Waals surface area contributed by atoms with E-state index in [0.29, 0.717) is 24.2 Å². The molecule has 1 atom stereocenters. The number of halogens is 1. The van der Waals surface area contributed by atoms with Gasteiger partial charge in [0.15, 0.2) is 0 Å². The molecule has 2 aromatic rings. The summed E-state index contributed by atoms with van der Waals surface area (Å²) in [6.45, 7) is 1.55. The molecule has 1 aliphatic rings. The van der Waals surface area contributed by atoms with Gasteiger partial charge in [-0.3, -0.25) is 9.59 Å². The van der Waals surface area contributed by atoms with Crippen molar-refractivity contribution in [3.8, 4) is 0 Å². The second-order valence-electron chi connectivity index (χ2n) is 6.55. The van der Waals surface area contributed by atoms with Gasteiger partial charge in [0, 0.05) is 48.3 Å². The molecule has 2 aromatic carbocycles. The quantitative estimate of drug-likeness (QED) is 0.644. The summed E-state index contributed by atoms with van der Waals surface area (Å²) in [6, 6.07) is 17.3. The first kappa shape index (κ1) is 22.3. The van der Waals surface area contributed by atoms with Crippen molar-refractivity contribution in [3.05, 3.63) is 65.7 Å². The lowest BCUT2D eigenvalue weighted by molar-refractivity contribution is -0.116. The van der Waals surface area contributed by atoms with Crippen molar-refractivity contribution in [1.82, 2.24) is 10.6 Å². The van der Waals surface area contributed by atoms with Gasteiger partial charge in [-0.2, -0.15) is 11.8 Å². The molecule has 1 fully saturated rings. The molecule has 0 aromatic heterocycles. The SMILES string of the molecule is Cl.O=C(CC1CSCCN1)Nc1ccc(C(=O)NCCc2ccccc2)cc1. The minimum Gasteiger partial charge on any atom is -0.352 e. The largest absolute Gasteiger partial charge is 0.352 e. The van der Waals surface area contributed by atoms with Gasteiger partial charge in [0.25, 0.3) is 5.91 Å². The molecule has 2 amide bonds. The van der Waals surface area contributed by atoms with Crippen LogP contribution in [-0.4, -0.2) is 42.5 Å². The van der Waals surface area contributed by atoms with E-state index in [9.17, 15) is 9.59 Å². The molecule has 3 rings (SSSR count).